The van der Waals surface area contributed by atoms with Crippen LogP contribution in [-0.2, 0) is 17.9 Å². The number of hydrogen-bond acceptors (Lipinski definition) is 3. The zero-order valence-corrected chi connectivity index (χ0v) is 9.50. The van der Waals surface area contributed by atoms with Crippen molar-refractivity contribution >= 4 is 5.91 Å². The number of rotatable bonds is 5. The second-order valence-corrected chi connectivity index (χ2v) is 3.37. The van der Waals surface area contributed by atoms with Gasteiger partial charge in [0.25, 0.3) is 0 Å². The van der Waals surface area contributed by atoms with Crippen molar-refractivity contribution in [2.75, 3.05) is 13.6 Å². The van der Waals surface area contributed by atoms with Gasteiger partial charge in [-0.05, 0) is 19.9 Å². The zero-order chi connectivity index (χ0) is 11.3. The van der Waals surface area contributed by atoms with E-state index in [9.17, 15) is 4.79 Å². The summed E-state index contributed by atoms with van der Waals surface area (Å²) in [7, 11) is 1.63. The van der Waals surface area contributed by atoms with E-state index < -0.39 is 0 Å². The molecule has 0 unspecified atom stereocenters. The summed E-state index contributed by atoms with van der Waals surface area (Å²) in [5, 5.41) is 9.95. The Bertz CT molecular complexity index is 332. The highest BCUT2D eigenvalue weighted by Crippen LogP contribution is 2.02. The standard InChI is InChI=1S/C10H18N4O/c1-4-14-9(5-8(2)13-14)6-12-7-10(15)11-3/h5,12H,4,6-7H2,1-3H3,(H,11,15). The maximum atomic E-state index is 11.0. The zero-order valence-electron chi connectivity index (χ0n) is 9.50. The van der Waals surface area contributed by atoms with Gasteiger partial charge in [0.2, 0.25) is 5.91 Å². The van der Waals surface area contributed by atoms with Gasteiger partial charge in [-0.3, -0.25) is 9.48 Å². The maximum Gasteiger partial charge on any atom is 0.233 e. The summed E-state index contributed by atoms with van der Waals surface area (Å²) in [5.41, 5.74) is 2.12. The smallest absolute Gasteiger partial charge is 0.233 e. The molecule has 0 saturated carbocycles. The van der Waals surface area contributed by atoms with Crippen LogP contribution in [0.3, 0.4) is 0 Å². The van der Waals surface area contributed by atoms with Crippen LogP contribution in [0.5, 0.6) is 0 Å². The summed E-state index contributed by atoms with van der Waals surface area (Å²) >= 11 is 0. The molecule has 0 fully saturated rings. The predicted octanol–water partition coefficient (Wildman–Crippen LogP) is 0.0470. The van der Waals surface area contributed by atoms with Gasteiger partial charge in [0.1, 0.15) is 0 Å². The molecule has 1 amide bonds. The lowest BCUT2D eigenvalue weighted by atomic mass is 10.3. The molecule has 5 nitrogen and oxygen atoms in total. The second-order valence-electron chi connectivity index (χ2n) is 3.37. The first-order valence-electron chi connectivity index (χ1n) is 5.12. The van der Waals surface area contributed by atoms with Crippen LogP contribution < -0.4 is 10.6 Å². The van der Waals surface area contributed by atoms with Crippen LogP contribution in [0, 0.1) is 6.92 Å². The SMILES string of the molecule is CCn1nc(C)cc1CNCC(=O)NC. The Morgan fingerprint density at radius 2 is 2.33 bits per heavy atom. The van der Waals surface area contributed by atoms with Gasteiger partial charge in [-0.25, -0.2) is 0 Å². The average Bonchev–Trinajstić information content (AvgIpc) is 2.58. The lowest BCUT2D eigenvalue weighted by Crippen LogP contribution is -2.31. The quantitative estimate of drug-likeness (QED) is 0.722. The van der Waals surface area contributed by atoms with Gasteiger partial charge >= 0.3 is 0 Å². The fourth-order valence-electron chi connectivity index (χ4n) is 1.41. The molecule has 1 heterocycles. The summed E-state index contributed by atoms with van der Waals surface area (Å²) < 4.78 is 1.94. The molecule has 0 atom stereocenters. The number of nitrogens with one attached hydrogen (secondary N) is 2. The van der Waals surface area contributed by atoms with Crippen LogP contribution in [0.1, 0.15) is 18.3 Å². The minimum absolute atomic E-state index is 0.00529. The van der Waals surface area contributed by atoms with E-state index in [2.05, 4.69) is 22.7 Å². The molecule has 0 bridgehead atoms. The third kappa shape index (κ3) is 3.36. The monoisotopic (exact) mass is 210 g/mol. The van der Waals surface area contributed by atoms with Crippen LogP contribution in [0.4, 0.5) is 0 Å². The fourth-order valence-corrected chi connectivity index (χ4v) is 1.41. The third-order valence-corrected chi connectivity index (χ3v) is 2.16. The molecule has 0 aliphatic carbocycles. The van der Waals surface area contributed by atoms with Crippen molar-refractivity contribution in [1.82, 2.24) is 20.4 Å². The number of hydrogen-bond donors (Lipinski definition) is 2. The Morgan fingerprint density at radius 1 is 1.60 bits per heavy atom. The lowest BCUT2D eigenvalue weighted by molar-refractivity contribution is -0.119. The van der Waals surface area contributed by atoms with Crippen LogP contribution in [0.2, 0.25) is 0 Å². The van der Waals surface area contributed by atoms with E-state index in [1.165, 1.54) is 0 Å². The number of aryl methyl sites for hydroxylation is 2. The molecule has 0 spiro atoms. The fraction of sp³-hybridized carbons (Fsp3) is 0.600. The summed E-state index contributed by atoms with van der Waals surface area (Å²) in [5.74, 6) is -0.00529. The number of carbonyl (C=O) groups is 1. The number of carbonyl (C=O) groups excluding carboxylic acids is 1. The topological polar surface area (TPSA) is 59.0 Å². The van der Waals surface area contributed by atoms with Gasteiger partial charge in [0, 0.05) is 20.1 Å². The van der Waals surface area contributed by atoms with Crippen molar-refractivity contribution in [1.29, 1.82) is 0 Å². The van der Waals surface area contributed by atoms with Gasteiger partial charge in [-0.1, -0.05) is 0 Å². The maximum absolute atomic E-state index is 11.0. The molecule has 0 aliphatic heterocycles. The first-order chi connectivity index (χ1) is 7.17. The van der Waals surface area contributed by atoms with E-state index in [1.807, 2.05) is 17.7 Å². The first-order valence-corrected chi connectivity index (χ1v) is 5.12. The van der Waals surface area contributed by atoms with Crippen LogP contribution in [0.25, 0.3) is 0 Å². The van der Waals surface area contributed by atoms with E-state index in [0.717, 1.165) is 17.9 Å². The second kappa shape index (κ2) is 5.50. The minimum atomic E-state index is -0.00529. The van der Waals surface area contributed by atoms with Crippen molar-refractivity contribution in [2.45, 2.75) is 26.9 Å². The van der Waals surface area contributed by atoms with Gasteiger partial charge in [-0.2, -0.15) is 5.10 Å². The largest absolute Gasteiger partial charge is 0.358 e. The van der Waals surface area contributed by atoms with Gasteiger partial charge in [0.15, 0.2) is 0 Å². The normalized spacial score (nSPS) is 10.3. The van der Waals surface area contributed by atoms with Crippen molar-refractivity contribution < 1.29 is 4.79 Å². The van der Waals surface area contributed by atoms with E-state index in [4.69, 9.17) is 0 Å². The van der Waals surface area contributed by atoms with Crippen molar-refractivity contribution in [3.05, 3.63) is 17.5 Å². The Morgan fingerprint density at radius 3 is 2.93 bits per heavy atom. The number of likely N-dealkylation sites (N-methyl/N-ethyl adjacent to an activating group) is 1. The Hall–Kier alpha value is -1.36. The van der Waals surface area contributed by atoms with Gasteiger partial charge in [-0.15, -0.1) is 0 Å². The van der Waals surface area contributed by atoms with E-state index in [-0.39, 0.29) is 5.91 Å². The highest BCUT2D eigenvalue weighted by Gasteiger charge is 2.04. The summed E-state index contributed by atoms with van der Waals surface area (Å²) in [6.07, 6.45) is 0. The molecular weight excluding hydrogens is 192 g/mol. The number of nitrogens with zero attached hydrogens (tertiary/aromatic N) is 2. The van der Waals surface area contributed by atoms with Crippen molar-refractivity contribution in [2.24, 2.45) is 0 Å². The van der Waals surface area contributed by atoms with E-state index in [1.54, 1.807) is 7.05 Å². The third-order valence-electron chi connectivity index (χ3n) is 2.16. The van der Waals surface area contributed by atoms with Crippen molar-refractivity contribution in [3.63, 3.8) is 0 Å². The van der Waals surface area contributed by atoms with Crippen LogP contribution in [-0.4, -0.2) is 29.3 Å². The predicted molar refractivity (Wildman–Crippen MR) is 58.4 cm³/mol. The highest BCUT2D eigenvalue weighted by molar-refractivity contribution is 5.77. The van der Waals surface area contributed by atoms with Gasteiger partial charge < -0.3 is 10.6 Å². The molecule has 1 aromatic heterocycles. The van der Waals surface area contributed by atoms with E-state index >= 15 is 0 Å². The number of amides is 1. The Kier molecular flexibility index (Phi) is 4.30. The first kappa shape index (κ1) is 11.7. The van der Waals surface area contributed by atoms with Crippen molar-refractivity contribution in [3.8, 4) is 0 Å². The molecule has 84 valence electrons. The molecule has 2 N–H and O–H groups in total. The summed E-state index contributed by atoms with van der Waals surface area (Å²) in [4.78, 5) is 11.0. The molecule has 0 saturated heterocycles. The van der Waals surface area contributed by atoms with Crippen LogP contribution in [0.15, 0.2) is 6.07 Å². The molecule has 15 heavy (non-hydrogen) atoms. The summed E-state index contributed by atoms with van der Waals surface area (Å²) in [6, 6.07) is 2.03. The average molecular weight is 210 g/mol. The minimum Gasteiger partial charge on any atom is -0.358 e. The number of aromatic nitrogens is 2. The van der Waals surface area contributed by atoms with E-state index in [0.29, 0.717) is 13.1 Å². The molecular formula is C10H18N4O. The molecule has 0 aliphatic rings. The summed E-state index contributed by atoms with van der Waals surface area (Å²) in [6.45, 7) is 5.88. The van der Waals surface area contributed by atoms with Crippen LogP contribution >= 0.6 is 0 Å². The molecule has 0 radical (unpaired) electrons. The highest BCUT2D eigenvalue weighted by atomic mass is 16.1. The lowest BCUT2D eigenvalue weighted by Gasteiger charge is -2.05. The molecule has 5 heteroatoms. The molecule has 0 aromatic carbocycles. The molecule has 1 aromatic rings. The molecule has 1 rings (SSSR count). The Labute approximate surface area is 89.9 Å². The van der Waals surface area contributed by atoms with Gasteiger partial charge in [0.05, 0.1) is 17.9 Å². The Balaban J connectivity index is 2.46.